The lowest BCUT2D eigenvalue weighted by Crippen LogP contribution is -2.45. The SMILES string of the molecule is CCc1ccc(OCC(=O)NNC(=O)COc2ccc(Br)cc2C(C)(C)C)c(Br)c1. The highest BCUT2D eigenvalue weighted by atomic mass is 79.9. The minimum Gasteiger partial charge on any atom is -0.483 e. The molecule has 2 aromatic carbocycles. The van der Waals surface area contributed by atoms with Gasteiger partial charge in [-0.3, -0.25) is 20.4 Å². The average molecular weight is 542 g/mol. The zero-order valence-corrected chi connectivity index (χ0v) is 20.6. The molecule has 0 heterocycles. The zero-order valence-electron chi connectivity index (χ0n) is 17.5. The van der Waals surface area contributed by atoms with Crippen LogP contribution < -0.4 is 20.3 Å². The molecule has 0 fully saturated rings. The van der Waals surface area contributed by atoms with Gasteiger partial charge in [-0.05, 0) is 63.7 Å². The second-order valence-electron chi connectivity index (χ2n) is 7.68. The topological polar surface area (TPSA) is 76.7 Å². The van der Waals surface area contributed by atoms with Crippen molar-refractivity contribution in [1.29, 1.82) is 0 Å². The highest BCUT2D eigenvalue weighted by Gasteiger charge is 2.20. The Morgan fingerprint density at radius 1 is 0.900 bits per heavy atom. The van der Waals surface area contributed by atoms with Crippen LogP contribution in [0.3, 0.4) is 0 Å². The third kappa shape index (κ3) is 7.32. The van der Waals surface area contributed by atoms with E-state index in [1.165, 1.54) is 0 Å². The van der Waals surface area contributed by atoms with E-state index in [0.29, 0.717) is 11.5 Å². The lowest BCUT2D eigenvalue weighted by atomic mass is 9.86. The maximum atomic E-state index is 12.0. The molecule has 8 heteroatoms. The van der Waals surface area contributed by atoms with Crippen molar-refractivity contribution in [3.05, 3.63) is 56.5 Å². The second-order valence-corrected chi connectivity index (χ2v) is 9.45. The fourth-order valence-electron chi connectivity index (χ4n) is 2.59. The molecule has 0 unspecified atom stereocenters. The molecule has 30 heavy (non-hydrogen) atoms. The van der Waals surface area contributed by atoms with Gasteiger partial charge in [-0.2, -0.15) is 0 Å². The van der Waals surface area contributed by atoms with E-state index in [1.807, 2.05) is 30.3 Å². The summed E-state index contributed by atoms with van der Waals surface area (Å²) in [4.78, 5) is 24.0. The number of amides is 2. The summed E-state index contributed by atoms with van der Waals surface area (Å²) >= 11 is 6.88. The smallest absolute Gasteiger partial charge is 0.276 e. The van der Waals surface area contributed by atoms with E-state index in [1.54, 1.807) is 6.07 Å². The highest BCUT2D eigenvalue weighted by molar-refractivity contribution is 9.10. The minimum absolute atomic E-state index is 0.148. The number of halogens is 2. The predicted molar refractivity (Wildman–Crippen MR) is 124 cm³/mol. The number of aryl methyl sites for hydroxylation is 1. The van der Waals surface area contributed by atoms with Gasteiger partial charge in [0.1, 0.15) is 11.5 Å². The van der Waals surface area contributed by atoms with Crippen LogP contribution in [0.5, 0.6) is 11.5 Å². The standard InChI is InChI=1S/C22H26Br2N2O4/c1-5-14-6-8-19(17(24)10-14)30-13-21(28)26-25-20(27)12-29-18-9-7-15(23)11-16(18)22(2,3)4/h6-11H,5,12-13H2,1-4H3,(H,25,27)(H,26,28). The minimum atomic E-state index is -0.478. The summed E-state index contributed by atoms with van der Waals surface area (Å²) in [5, 5.41) is 0. The zero-order chi connectivity index (χ0) is 22.3. The Labute approximate surface area is 193 Å². The van der Waals surface area contributed by atoms with Crippen molar-refractivity contribution in [1.82, 2.24) is 10.9 Å². The fourth-order valence-corrected chi connectivity index (χ4v) is 3.50. The van der Waals surface area contributed by atoms with E-state index in [0.717, 1.165) is 26.5 Å². The number of hydrogen-bond acceptors (Lipinski definition) is 4. The molecule has 2 amide bonds. The van der Waals surface area contributed by atoms with Crippen molar-refractivity contribution in [3.8, 4) is 11.5 Å². The summed E-state index contributed by atoms with van der Waals surface area (Å²) in [5.74, 6) is 0.228. The lowest BCUT2D eigenvalue weighted by molar-refractivity contribution is -0.131. The molecule has 0 aliphatic heterocycles. The van der Waals surface area contributed by atoms with E-state index >= 15 is 0 Å². The van der Waals surface area contributed by atoms with E-state index < -0.39 is 11.8 Å². The van der Waals surface area contributed by atoms with Crippen LogP contribution in [0.4, 0.5) is 0 Å². The Balaban J connectivity index is 1.80. The first-order valence-corrected chi connectivity index (χ1v) is 11.1. The van der Waals surface area contributed by atoms with E-state index in [-0.39, 0.29) is 18.6 Å². The number of hydrogen-bond donors (Lipinski definition) is 2. The molecule has 0 saturated carbocycles. The molecule has 0 aliphatic carbocycles. The molecule has 0 radical (unpaired) electrons. The summed E-state index contributed by atoms with van der Waals surface area (Å²) in [6.07, 6.45) is 0.908. The fraction of sp³-hybridized carbons (Fsp3) is 0.364. The van der Waals surface area contributed by atoms with Gasteiger partial charge in [0.25, 0.3) is 11.8 Å². The number of carbonyl (C=O) groups excluding carboxylic acids is 2. The third-order valence-electron chi connectivity index (χ3n) is 4.21. The summed E-state index contributed by atoms with van der Waals surface area (Å²) in [7, 11) is 0. The van der Waals surface area contributed by atoms with Crippen LogP contribution in [0, 0.1) is 0 Å². The molecule has 2 N–H and O–H groups in total. The van der Waals surface area contributed by atoms with Crippen molar-refractivity contribution >= 4 is 43.7 Å². The Morgan fingerprint density at radius 2 is 1.47 bits per heavy atom. The Morgan fingerprint density at radius 3 is 2.00 bits per heavy atom. The number of hydrazine groups is 1. The third-order valence-corrected chi connectivity index (χ3v) is 5.33. The van der Waals surface area contributed by atoms with Crippen molar-refractivity contribution < 1.29 is 19.1 Å². The van der Waals surface area contributed by atoms with Crippen LogP contribution in [-0.2, 0) is 21.4 Å². The van der Waals surface area contributed by atoms with Gasteiger partial charge in [-0.15, -0.1) is 0 Å². The summed E-state index contributed by atoms with van der Waals surface area (Å²) in [5.41, 5.74) is 6.63. The average Bonchev–Trinajstić information content (AvgIpc) is 2.69. The van der Waals surface area contributed by atoms with Gasteiger partial charge in [0, 0.05) is 10.0 Å². The molecule has 6 nitrogen and oxygen atoms in total. The molecule has 0 aliphatic rings. The molecular weight excluding hydrogens is 516 g/mol. The van der Waals surface area contributed by atoms with Crippen LogP contribution in [0.15, 0.2) is 45.3 Å². The molecule has 162 valence electrons. The van der Waals surface area contributed by atoms with E-state index in [9.17, 15) is 9.59 Å². The monoisotopic (exact) mass is 540 g/mol. The quantitative estimate of drug-likeness (QED) is 0.499. The number of carbonyl (C=O) groups is 2. The summed E-state index contributed by atoms with van der Waals surface area (Å²) in [6.45, 7) is 7.80. The maximum absolute atomic E-state index is 12.0. The van der Waals surface area contributed by atoms with Crippen molar-refractivity contribution in [3.63, 3.8) is 0 Å². The van der Waals surface area contributed by atoms with Crippen LogP contribution in [0.25, 0.3) is 0 Å². The molecule has 0 saturated heterocycles. The highest BCUT2D eigenvalue weighted by Crippen LogP contribution is 2.33. The van der Waals surface area contributed by atoms with Gasteiger partial charge >= 0.3 is 0 Å². The second kappa shape index (κ2) is 10.8. The van der Waals surface area contributed by atoms with Gasteiger partial charge < -0.3 is 9.47 Å². The number of rotatable bonds is 7. The first kappa shape index (κ1) is 24.2. The first-order chi connectivity index (χ1) is 14.1. The largest absolute Gasteiger partial charge is 0.483 e. The lowest BCUT2D eigenvalue weighted by Gasteiger charge is -2.23. The molecule has 0 atom stereocenters. The van der Waals surface area contributed by atoms with Gasteiger partial charge in [-0.1, -0.05) is 49.7 Å². The predicted octanol–water partition coefficient (Wildman–Crippen LogP) is 4.68. The molecule has 0 bridgehead atoms. The van der Waals surface area contributed by atoms with Gasteiger partial charge in [0.15, 0.2) is 13.2 Å². The Hall–Kier alpha value is -2.06. The maximum Gasteiger partial charge on any atom is 0.276 e. The van der Waals surface area contributed by atoms with Gasteiger partial charge in [0.2, 0.25) is 0 Å². The number of benzene rings is 2. The molecular formula is C22H26Br2N2O4. The molecule has 0 spiro atoms. The van der Waals surface area contributed by atoms with Crippen molar-refractivity contribution in [2.75, 3.05) is 13.2 Å². The van der Waals surface area contributed by atoms with E-state index in [4.69, 9.17) is 9.47 Å². The Kier molecular flexibility index (Phi) is 8.73. The normalized spacial score (nSPS) is 11.0. The van der Waals surface area contributed by atoms with Crippen molar-refractivity contribution in [2.24, 2.45) is 0 Å². The number of nitrogens with one attached hydrogen (secondary N) is 2. The molecule has 2 rings (SSSR count). The number of ether oxygens (including phenoxy) is 2. The van der Waals surface area contributed by atoms with Crippen LogP contribution in [-0.4, -0.2) is 25.0 Å². The van der Waals surface area contributed by atoms with Crippen LogP contribution >= 0.6 is 31.9 Å². The molecule has 0 aromatic heterocycles. The van der Waals surface area contributed by atoms with Crippen molar-refractivity contribution in [2.45, 2.75) is 39.5 Å². The van der Waals surface area contributed by atoms with Gasteiger partial charge in [0.05, 0.1) is 4.47 Å². The van der Waals surface area contributed by atoms with Crippen LogP contribution in [0.1, 0.15) is 38.8 Å². The van der Waals surface area contributed by atoms with Crippen LogP contribution in [0.2, 0.25) is 0 Å². The summed E-state index contributed by atoms with van der Waals surface area (Å²) < 4.78 is 12.8. The summed E-state index contributed by atoms with van der Waals surface area (Å²) in [6, 6.07) is 11.3. The first-order valence-electron chi connectivity index (χ1n) is 9.52. The molecule has 2 aromatic rings. The van der Waals surface area contributed by atoms with E-state index in [2.05, 4.69) is 70.4 Å². The Bertz CT molecular complexity index is 910. The van der Waals surface area contributed by atoms with Gasteiger partial charge in [-0.25, -0.2) is 0 Å².